The van der Waals surface area contributed by atoms with Gasteiger partial charge in [-0.05, 0) is 25.0 Å². The van der Waals surface area contributed by atoms with Gasteiger partial charge >= 0.3 is 6.01 Å². The maximum Gasteiger partial charge on any atom is 0.329 e. The van der Waals surface area contributed by atoms with E-state index in [0.29, 0.717) is 11.1 Å². The monoisotopic (exact) mass is 282 g/mol. The summed E-state index contributed by atoms with van der Waals surface area (Å²) in [7, 11) is -3.86. The standard InChI is InChI=1S/C11H14N4O3S/c1-6-4-5-7(2)10(9(6)12)19(16,17)15-11-14-13-8(3)18-11/h4-5H,12H2,1-3H3,(H,14,15). The van der Waals surface area contributed by atoms with Crippen molar-refractivity contribution in [2.75, 3.05) is 10.5 Å². The first-order valence-corrected chi connectivity index (χ1v) is 6.98. The van der Waals surface area contributed by atoms with Gasteiger partial charge in [-0.25, -0.2) is 13.1 Å². The third-order valence-corrected chi connectivity index (χ3v) is 4.15. The molecule has 1 aromatic carbocycles. The largest absolute Gasteiger partial charge is 0.408 e. The zero-order valence-electron chi connectivity index (χ0n) is 10.8. The number of nitrogens with one attached hydrogen (secondary N) is 1. The SMILES string of the molecule is Cc1nnc(NS(=O)(=O)c2c(C)ccc(C)c2N)o1. The van der Waals surface area contributed by atoms with Crippen LogP contribution in [0.2, 0.25) is 0 Å². The van der Waals surface area contributed by atoms with E-state index in [1.54, 1.807) is 32.9 Å². The first kappa shape index (κ1) is 13.3. The third kappa shape index (κ3) is 2.53. The predicted molar refractivity (Wildman–Crippen MR) is 70.2 cm³/mol. The van der Waals surface area contributed by atoms with Gasteiger partial charge in [-0.1, -0.05) is 17.2 Å². The van der Waals surface area contributed by atoms with Crippen molar-refractivity contribution in [3.8, 4) is 0 Å². The predicted octanol–water partition coefficient (Wildman–Crippen LogP) is 1.38. The minimum Gasteiger partial charge on any atom is -0.408 e. The Morgan fingerprint density at radius 1 is 1.16 bits per heavy atom. The lowest BCUT2D eigenvalue weighted by atomic mass is 10.1. The third-order valence-electron chi connectivity index (χ3n) is 2.63. The van der Waals surface area contributed by atoms with Crippen molar-refractivity contribution in [3.05, 3.63) is 29.2 Å². The van der Waals surface area contributed by atoms with E-state index in [-0.39, 0.29) is 22.5 Å². The molecule has 0 bridgehead atoms. The van der Waals surface area contributed by atoms with Gasteiger partial charge < -0.3 is 10.2 Å². The molecule has 1 heterocycles. The number of benzene rings is 1. The van der Waals surface area contributed by atoms with Gasteiger partial charge in [0.15, 0.2) is 0 Å². The van der Waals surface area contributed by atoms with Crippen LogP contribution >= 0.6 is 0 Å². The number of nitrogens with two attached hydrogens (primary N) is 1. The van der Waals surface area contributed by atoms with E-state index in [4.69, 9.17) is 10.2 Å². The zero-order chi connectivity index (χ0) is 14.2. The fraction of sp³-hybridized carbons (Fsp3) is 0.273. The van der Waals surface area contributed by atoms with Crippen molar-refractivity contribution in [2.24, 2.45) is 0 Å². The van der Waals surface area contributed by atoms with Crippen LogP contribution in [0.15, 0.2) is 21.4 Å². The van der Waals surface area contributed by atoms with Gasteiger partial charge in [0.25, 0.3) is 10.0 Å². The van der Waals surface area contributed by atoms with Gasteiger partial charge in [-0.15, -0.1) is 5.10 Å². The van der Waals surface area contributed by atoms with Gasteiger partial charge in [-0.2, -0.15) is 0 Å². The van der Waals surface area contributed by atoms with Crippen molar-refractivity contribution in [2.45, 2.75) is 25.7 Å². The number of aromatic nitrogens is 2. The molecule has 3 N–H and O–H groups in total. The molecule has 0 aliphatic rings. The maximum absolute atomic E-state index is 12.3. The van der Waals surface area contributed by atoms with E-state index >= 15 is 0 Å². The summed E-state index contributed by atoms with van der Waals surface area (Å²) < 4.78 is 31.8. The molecule has 8 heteroatoms. The number of nitrogens with zero attached hydrogens (tertiary/aromatic N) is 2. The Balaban J connectivity index is 2.48. The molecule has 1 aromatic heterocycles. The van der Waals surface area contributed by atoms with Gasteiger partial charge in [0, 0.05) is 6.92 Å². The summed E-state index contributed by atoms with van der Waals surface area (Å²) in [5.74, 6) is 0.270. The van der Waals surface area contributed by atoms with Gasteiger partial charge in [0.05, 0.1) is 5.69 Å². The Morgan fingerprint density at radius 2 is 1.79 bits per heavy atom. The lowest BCUT2D eigenvalue weighted by molar-refractivity contribution is 0.534. The summed E-state index contributed by atoms with van der Waals surface area (Å²) in [5.41, 5.74) is 7.29. The van der Waals surface area contributed by atoms with Gasteiger partial charge in [0.2, 0.25) is 5.89 Å². The first-order valence-electron chi connectivity index (χ1n) is 5.50. The molecular weight excluding hydrogens is 268 g/mol. The first-order chi connectivity index (χ1) is 8.81. The van der Waals surface area contributed by atoms with Crippen molar-refractivity contribution >= 4 is 21.7 Å². The van der Waals surface area contributed by atoms with E-state index in [0.717, 1.165) is 0 Å². The topological polar surface area (TPSA) is 111 Å². The molecular formula is C11H14N4O3S. The van der Waals surface area contributed by atoms with Gasteiger partial charge in [-0.3, -0.25) is 0 Å². The highest BCUT2D eigenvalue weighted by Gasteiger charge is 2.23. The summed E-state index contributed by atoms with van der Waals surface area (Å²) in [5, 5.41) is 7.14. The number of sulfonamides is 1. The van der Waals surface area contributed by atoms with Crippen LogP contribution < -0.4 is 10.5 Å². The molecule has 19 heavy (non-hydrogen) atoms. The highest BCUT2D eigenvalue weighted by Crippen LogP contribution is 2.27. The van der Waals surface area contributed by atoms with E-state index in [1.165, 1.54) is 0 Å². The van der Waals surface area contributed by atoms with Crippen LogP contribution in [-0.2, 0) is 10.0 Å². The Bertz CT molecular complexity index is 722. The number of nitrogen functional groups attached to an aromatic ring is 1. The molecule has 0 spiro atoms. The minimum absolute atomic E-state index is 0.0309. The van der Waals surface area contributed by atoms with E-state index in [2.05, 4.69) is 14.9 Å². The van der Waals surface area contributed by atoms with Crippen LogP contribution in [0.5, 0.6) is 0 Å². The molecule has 0 saturated carbocycles. The number of anilines is 2. The van der Waals surface area contributed by atoms with Crippen LogP contribution in [0.25, 0.3) is 0 Å². The molecule has 102 valence electrons. The molecule has 0 aliphatic carbocycles. The number of aryl methyl sites for hydroxylation is 3. The molecule has 7 nitrogen and oxygen atoms in total. The van der Waals surface area contributed by atoms with Crippen LogP contribution in [0.3, 0.4) is 0 Å². The maximum atomic E-state index is 12.3. The summed E-state index contributed by atoms with van der Waals surface area (Å²) in [6, 6.07) is 3.28. The fourth-order valence-electron chi connectivity index (χ4n) is 1.67. The molecule has 0 atom stereocenters. The summed E-state index contributed by atoms with van der Waals surface area (Å²) in [6.07, 6.45) is 0. The van der Waals surface area contributed by atoms with Crippen molar-refractivity contribution in [1.82, 2.24) is 10.2 Å². The average molecular weight is 282 g/mol. The molecule has 0 amide bonds. The Labute approximate surface area is 110 Å². The fourth-order valence-corrected chi connectivity index (χ4v) is 3.02. The quantitative estimate of drug-likeness (QED) is 0.823. The highest BCUT2D eigenvalue weighted by atomic mass is 32.2. The van der Waals surface area contributed by atoms with Crippen molar-refractivity contribution in [3.63, 3.8) is 0 Å². The molecule has 0 unspecified atom stereocenters. The highest BCUT2D eigenvalue weighted by molar-refractivity contribution is 7.93. The smallest absolute Gasteiger partial charge is 0.329 e. The normalized spacial score (nSPS) is 11.5. The number of hydrogen-bond donors (Lipinski definition) is 2. The second-order valence-electron chi connectivity index (χ2n) is 4.17. The lowest BCUT2D eigenvalue weighted by Crippen LogP contribution is -2.17. The van der Waals surface area contributed by atoms with E-state index in [1.807, 2.05) is 0 Å². The number of hydrogen-bond acceptors (Lipinski definition) is 6. The average Bonchev–Trinajstić information content (AvgIpc) is 2.68. The van der Waals surface area contributed by atoms with Crippen molar-refractivity contribution < 1.29 is 12.8 Å². The van der Waals surface area contributed by atoms with E-state index in [9.17, 15) is 8.42 Å². The Morgan fingerprint density at radius 3 is 2.37 bits per heavy atom. The Hall–Kier alpha value is -2.09. The van der Waals surface area contributed by atoms with Crippen LogP contribution in [0.1, 0.15) is 17.0 Å². The molecule has 0 fully saturated rings. The van der Waals surface area contributed by atoms with Gasteiger partial charge in [0.1, 0.15) is 4.90 Å². The van der Waals surface area contributed by atoms with Crippen LogP contribution in [0, 0.1) is 20.8 Å². The lowest BCUT2D eigenvalue weighted by Gasteiger charge is -2.12. The number of rotatable bonds is 3. The molecule has 2 rings (SSSR count). The second-order valence-corrected chi connectivity index (χ2v) is 5.79. The molecule has 0 radical (unpaired) electrons. The van der Waals surface area contributed by atoms with Crippen molar-refractivity contribution in [1.29, 1.82) is 0 Å². The minimum atomic E-state index is -3.86. The van der Waals surface area contributed by atoms with Crippen LogP contribution in [0.4, 0.5) is 11.7 Å². The second kappa shape index (κ2) is 4.54. The Kier molecular flexibility index (Phi) is 3.19. The zero-order valence-corrected chi connectivity index (χ0v) is 11.6. The molecule has 2 aromatic rings. The molecule has 0 saturated heterocycles. The molecule has 0 aliphatic heterocycles. The van der Waals surface area contributed by atoms with Crippen LogP contribution in [-0.4, -0.2) is 18.6 Å². The summed E-state index contributed by atoms with van der Waals surface area (Å²) >= 11 is 0. The van der Waals surface area contributed by atoms with E-state index < -0.39 is 10.0 Å². The summed E-state index contributed by atoms with van der Waals surface area (Å²) in [4.78, 5) is 0.0309. The summed E-state index contributed by atoms with van der Waals surface area (Å²) in [6.45, 7) is 4.98.